The van der Waals surface area contributed by atoms with Gasteiger partial charge in [0.15, 0.2) is 0 Å². The van der Waals surface area contributed by atoms with Crippen molar-refractivity contribution in [1.82, 2.24) is 9.29 Å². The number of benzene rings is 1. The van der Waals surface area contributed by atoms with Crippen molar-refractivity contribution in [2.45, 2.75) is 34.9 Å². The third-order valence-corrected chi connectivity index (χ3v) is 7.08. The Kier molecular flexibility index (Phi) is 5.41. The summed E-state index contributed by atoms with van der Waals surface area (Å²) in [6.45, 7) is 2.87. The smallest absolute Gasteiger partial charge is 0.244 e. The second-order valence-electron chi connectivity index (χ2n) is 5.87. The Balaban J connectivity index is 1.74. The van der Waals surface area contributed by atoms with Gasteiger partial charge in [0.2, 0.25) is 10.0 Å². The highest BCUT2D eigenvalue weighted by molar-refractivity contribution is 7.99. The summed E-state index contributed by atoms with van der Waals surface area (Å²) in [4.78, 5) is 4.36. The Morgan fingerprint density at radius 1 is 1.16 bits per heavy atom. The number of aromatic nitrogens is 1. The first-order chi connectivity index (χ1) is 11.9. The van der Waals surface area contributed by atoms with Crippen LogP contribution in [0.3, 0.4) is 0 Å². The summed E-state index contributed by atoms with van der Waals surface area (Å²) in [7, 11) is -3.49. The lowest BCUT2D eigenvalue weighted by atomic mass is 10.1. The number of hydrogen-bond acceptors (Lipinski definition) is 4. The van der Waals surface area contributed by atoms with Crippen LogP contribution < -0.4 is 0 Å². The quantitative estimate of drug-likeness (QED) is 0.731. The molecule has 134 valence electrons. The zero-order valence-corrected chi connectivity index (χ0v) is 15.3. The van der Waals surface area contributed by atoms with Crippen LogP contribution in [-0.2, 0) is 10.0 Å². The van der Waals surface area contributed by atoms with Crippen molar-refractivity contribution in [2.75, 3.05) is 13.1 Å². The highest BCUT2D eigenvalue weighted by Crippen LogP contribution is 2.35. The molecular formula is C17H18F2N2O2S2. The van der Waals surface area contributed by atoms with Crippen LogP contribution in [0, 0.1) is 11.6 Å². The minimum atomic E-state index is -3.49. The van der Waals surface area contributed by atoms with Gasteiger partial charge >= 0.3 is 0 Å². The fraction of sp³-hybridized carbons (Fsp3) is 0.353. The van der Waals surface area contributed by atoms with E-state index in [1.807, 2.05) is 0 Å². The molecule has 8 heteroatoms. The maximum Gasteiger partial charge on any atom is 0.244 e. The van der Waals surface area contributed by atoms with E-state index in [9.17, 15) is 17.2 Å². The zero-order chi connectivity index (χ0) is 18.0. The molecule has 2 heterocycles. The van der Waals surface area contributed by atoms with Crippen LogP contribution in [-0.4, -0.2) is 30.8 Å². The van der Waals surface area contributed by atoms with Gasteiger partial charge in [-0.15, -0.1) is 0 Å². The van der Waals surface area contributed by atoms with E-state index in [4.69, 9.17) is 0 Å². The van der Waals surface area contributed by atoms with Crippen molar-refractivity contribution in [3.63, 3.8) is 0 Å². The molecular weight excluding hydrogens is 366 g/mol. The van der Waals surface area contributed by atoms with Crippen molar-refractivity contribution < 1.29 is 17.2 Å². The van der Waals surface area contributed by atoms with Gasteiger partial charge in [0.25, 0.3) is 0 Å². The molecule has 1 fully saturated rings. The lowest BCUT2D eigenvalue weighted by Crippen LogP contribution is -2.27. The van der Waals surface area contributed by atoms with Crippen LogP contribution in [0.2, 0.25) is 0 Å². The second kappa shape index (κ2) is 7.39. The molecule has 1 atom stereocenters. The summed E-state index contributed by atoms with van der Waals surface area (Å²) in [5, 5.41) is 0.297. The fourth-order valence-corrected chi connectivity index (χ4v) is 5.15. The monoisotopic (exact) mass is 384 g/mol. The zero-order valence-electron chi connectivity index (χ0n) is 13.7. The largest absolute Gasteiger partial charge is 0.249 e. The lowest BCUT2D eigenvalue weighted by molar-refractivity contribution is 0.477. The van der Waals surface area contributed by atoms with Crippen molar-refractivity contribution in [2.24, 2.45) is 0 Å². The van der Waals surface area contributed by atoms with E-state index in [0.717, 1.165) is 18.9 Å². The molecule has 2 aromatic rings. The molecule has 0 aliphatic carbocycles. The Bertz CT molecular complexity index is 851. The molecule has 0 bridgehead atoms. The minimum Gasteiger partial charge on any atom is -0.249 e. The normalized spacial score (nSPS) is 16.9. The van der Waals surface area contributed by atoms with E-state index in [1.54, 1.807) is 13.0 Å². The Morgan fingerprint density at radius 3 is 2.48 bits per heavy atom. The maximum atomic E-state index is 13.8. The van der Waals surface area contributed by atoms with E-state index >= 15 is 0 Å². The van der Waals surface area contributed by atoms with Crippen LogP contribution in [0.1, 0.15) is 30.6 Å². The van der Waals surface area contributed by atoms with Gasteiger partial charge in [-0.25, -0.2) is 22.2 Å². The van der Waals surface area contributed by atoms with Crippen molar-refractivity contribution in [1.29, 1.82) is 0 Å². The molecule has 0 saturated carbocycles. The predicted octanol–water partition coefficient (Wildman–Crippen LogP) is 4.00. The summed E-state index contributed by atoms with van der Waals surface area (Å²) in [5.41, 5.74) is 0.377. The summed E-state index contributed by atoms with van der Waals surface area (Å²) in [6, 6.07) is 6.62. The summed E-state index contributed by atoms with van der Waals surface area (Å²) in [6.07, 6.45) is 3.09. The van der Waals surface area contributed by atoms with Crippen molar-refractivity contribution >= 4 is 21.8 Å². The van der Waals surface area contributed by atoms with Gasteiger partial charge in [-0.2, -0.15) is 4.31 Å². The highest BCUT2D eigenvalue weighted by Gasteiger charge is 2.27. The number of sulfonamides is 1. The van der Waals surface area contributed by atoms with Crippen molar-refractivity contribution in [3.05, 3.63) is 53.7 Å². The first-order valence-corrected chi connectivity index (χ1v) is 10.3. The number of nitrogens with zero attached hydrogens (tertiary/aromatic N) is 2. The van der Waals surface area contributed by atoms with Gasteiger partial charge in [0, 0.05) is 36.2 Å². The lowest BCUT2D eigenvalue weighted by Gasteiger charge is -2.16. The minimum absolute atomic E-state index is 0.166. The van der Waals surface area contributed by atoms with Gasteiger partial charge in [0.05, 0.1) is 5.03 Å². The molecule has 0 spiro atoms. The third kappa shape index (κ3) is 4.02. The molecule has 1 aliphatic rings. The molecule has 1 saturated heterocycles. The van der Waals surface area contributed by atoms with Gasteiger partial charge < -0.3 is 0 Å². The van der Waals surface area contributed by atoms with Crippen LogP contribution >= 0.6 is 11.8 Å². The van der Waals surface area contributed by atoms with Crippen LogP contribution in [0.4, 0.5) is 8.78 Å². The van der Waals surface area contributed by atoms with E-state index in [2.05, 4.69) is 4.98 Å². The molecule has 1 aromatic heterocycles. The number of hydrogen-bond donors (Lipinski definition) is 0. The average molecular weight is 384 g/mol. The van der Waals surface area contributed by atoms with E-state index < -0.39 is 21.7 Å². The predicted molar refractivity (Wildman–Crippen MR) is 92.9 cm³/mol. The molecule has 1 unspecified atom stereocenters. The van der Waals surface area contributed by atoms with Gasteiger partial charge in [-0.1, -0.05) is 17.8 Å². The number of rotatable bonds is 5. The topological polar surface area (TPSA) is 50.3 Å². The highest BCUT2D eigenvalue weighted by atomic mass is 32.2. The Hall–Kier alpha value is -1.51. The van der Waals surface area contributed by atoms with Crippen LogP contribution in [0.25, 0.3) is 0 Å². The molecule has 4 nitrogen and oxygen atoms in total. The first-order valence-electron chi connectivity index (χ1n) is 7.96. The fourth-order valence-electron chi connectivity index (χ4n) is 2.74. The van der Waals surface area contributed by atoms with Gasteiger partial charge in [-0.3, -0.25) is 0 Å². The number of thioether (sulfide) groups is 1. The SMILES string of the molecule is CC(Sc1ccc(S(=O)(=O)N2CCCC2)cn1)c1ccc(F)cc1F. The Labute approximate surface area is 150 Å². The summed E-state index contributed by atoms with van der Waals surface area (Å²) in [5.74, 6) is -1.22. The summed E-state index contributed by atoms with van der Waals surface area (Å²) < 4.78 is 53.2. The average Bonchev–Trinajstić information content (AvgIpc) is 3.10. The maximum absolute atomic E-state index is 13.8. The van der Waals surface area contributed by atoms with E-state index in [0.29, 0.717) is 23.7 Å². The summed E-state index contributed by atoms with van der Waals surface area (Å²) >= 11 is 1.29. The number of halogens is 2. The van der Waals surface area contributed by atoms with Crippen LogP contribution in [0.5, 0.6) is 0 Å². The van der Waals surface area contributed by atoms with Gasteiger partial charge in [-0.05, 0) is 38.0 Å². The van der Waals surface area contributed by atoms with Gasteiger partial charge in [0.1, 0.15) is 16.5 Å². The molecule has 0 radical (unpaired) electrons. The molecule has 1 aromatic carbocycles. The van der Waals surface area contributed by atoms with Crippen molar-refractivity contribution in [3.8, 4) is 0 Å². The standard InChI is InChI=1S/C17H18F2N2O2S2/c1-12(15-6-4-13(18)10-16(15)19)24-17-7-5-14(11-20-17)25(22,23)21-8-2-3-9-21/h4-7,10-12H,2-3,8-9H2,1H3. The third-order valence-electron chi connectivity index (χ3n) is 4.11. The Morgan fingerprint density at radius 2 is 1.88 bits per heavy atom. The first kappa shape index (κ1) is 18.3. The molecule has 0 amide bonds. The molecule has 25 heavy (non-hydrogen) atoms. The van der Waals surface area contributed by atoms with Crippen LogP contribution in [0.15, 0.2) is 46.5 Å². The number of pyridine rings is 1. The molecule has 3 rings (SSSR count). The second-order valence-corrected chi connectivity index (χ2v) is 9.17. The van der Waals surface area contributed by atoms with E-state index in [1.165, 1.54) is 40.5 Å². The molecule has 0 N–H and O–H groups in total. The van der Waals surface area contributed by atoms with E-state index in [-0.39, 0.29) is 10.1 Å². The molecule has 1 aliphatic heterocycles.